The number of anilines is 2. The first-order valence-corrected chi connectivity index (χ1v) is 4.82. The maximum absolute atomic E-state index is 12.5. The highest BCUT2D eigenvalue weighted by molar-refractivity contribution is 5.43. The number of hydrogen-bond donors (Lipinski definition) is 5. The molecule has 1 aromatic rings. The first kappa shape index (κ1) is 14.4. The van der Waals surface area contributed by atoms with Crippen molar-refractivity contribution in [1.29, 1.82) is 0 Å². The summed E-state index contributed by atoms with van der Waals surface area (Å²) in [6, 6.07) is -0.175. The van der Waals surface area contributed by atoms with Crippen molar-refractivity contribution in [3.05, 3.63) is 11.8 Å². The molecule has 102 valence electrons. The summed E-state index contributed by atoms with van der Waals surface area (Å²) in [4.78, 5) is 6.77. The van der Waals surface area contributed by atoms with Crippen LogP contribution in [0.25, 0.3) is 0 Å². The van der Waals surface area contributed by atoms with Crippen LogP contribution in [0.15, 0.2) is 6.07 Å². The van der Waals surface area contributed by atoms with Crippen LogP contribution in [0.1, 0.15) is 5.69 Å². The average molecular weight is 267 g/mol. The molecule has 0 amide bonds. The molecule has 1 heterocycles. The second-order valence-corrected chi connectivity index (χ2v) is 3.31. The van der Waals surface area contributed by atoms with Gasteiger partial charge in [0.1, 0.15) is 5.82 Å². The van der Waals surface area contributed by atoms with E-state index < -0.39 is 37.1 Å². The molecule has 0 saturated carbocycles. The zero-order valence-electron chi connectivity index (χ0n) is 9.07. The lowest BCUT2D eigenvalue weighted by atomic mass is 10.3. The monoisotopic (exact) mass is 267 g/mol. The fourth-order valence-electron chi connectivity index (χ4n) is 1.09. The Morgan fingerprint density at radius 2 is 1.89 bits per heavy atom. The molecule has 0 unspecified atom stereocenters. The third kappa shape index (κ3) is 3.68. The Morgan fingerprint density at radius 1 is 1.28 bits per heavy atom. The van der Waals surface area contributed by atoms with Crippen molar-refractivity contribution in [3.63, 3.8) is 0 Å². The number of hydrogen-bond acceptors (Lipinski definition) is 7. The van der Waals surface area contributed by atoms with Crippen LogP contribution in [0, 0.1) is 0 Å². The molecule has 0 atom stereocenters. The quantitative estimate of drug-likeness (QED) is 0.362. The van der Waals surface area contributed by atoms with Crippen molar-refractivity contribution in [2.24, 2.45) is 5.84 Å². The lowest BCUT2D eigenvalue weighted by Crippen LogP contribution is -2.29. The van der Waals surface area contributed by atoms with E-state index in [-0.39, 0.29) is 5.82 Å². The first-order chi connectivity index (χ1) is 8.40. The lowest BCUT2D eigenvalue weighted by Gasteiger charge is -2.16. The third-order valence-electron chi connectivity index (χ3n) is 1.94. The van der Waals surface area contributed by atoms with Crippen LogP contribution in [0.5, 0.6) is 0 Å². The van der Waals surface area contributed by atoms with Gasteiger partial charge in [-0.1, -0.05) is 0 Å². The number of nitrogens with zero attached hydrogens (tertiary/aromatic N) is 2. The number of alkyl halides is 3. The van der Waals surface area contributed by atoms with Gasteiger partial charge in [-0.25, -0.2) is 10.8 Å². The van der Waals surface area contributed by atoms with Crippen molar-refractivity contribution >= 4 is 11.8 Å². The van der Waals surface area contributed by atoms with E-state index in [1.165, 1.54) is 0 Å². The van der Waals surface area contributed by atoms with E-state index in [4.69, 9.17) is 16.1 Å². The Bertz CT molecular complexity index is 397. The molecule has 0 aliphatic rings. The van der Waals surface area contributed by atoms with E-state index in [0.717, 1.165) is 0 Å². The standard InChI is InChI=1S/C8H12F3N5O2/c9-8(10,11)5-1-6(13-4(2-17)3-18)15-7(14-5)16-12/h1,4,17-18H,2-3,12H2,(H2,13,14,15,16). The fourth-order valence-corrected chi connectivity index (χ4v) is 1.09. The van der Waals surface area contributed by atoms with Crippen LogP contribution in [-0.4, -0.2) is 39.4 Å². The highest BCUT2D eigenvalue weighted by atomic mass is 19.4. The number of nitrogens with one attached hydrogen (secondary N) is 2. The normalized spacial score (nSPS) is 11.7. The molecule has 0 fully saturated rings. The largest absolute Gasteiger partial charge is 0.433 e. The minimum atomic E-state index is -4.65. The number of rotatable bonds is 5. The van der Waals surface area contributed by atoms with Crippen molar-refractivity contribution in [2.45, 2.75) is 12.2 Å². The molecule has 0 radical (unpaired) electrons. The summed E-state index contributed by atoms with van der Waals surface area (Å²) in [7, 11) is 0. The van der Waals surface area contributed by atoms with Gasteiger partial charge in [-0.3, -0.25) is 5.43 Å². The van der Waals surface area contributed by atoms with Gasteiger partial charge in [-0.15, -0.1) is 0 Å². The summed E-state index contributed by atoms with van der Waals surface area (Å²) >= 11 is 0. The van der Waals surface area contributed by atoms with E-state index in [2.05, 4.69) is 15.3 Å². The molecular weight excluding hydrogens is 255 g/mol. The van der Waals surface area contributed by atoms with Crippen molar-refractivity contribution in [1.82, 2.24) is 9.97 Å². The van der Waals surface area contributed by atoms with E-state index in [0.29, 0.717) is 6.07 Å². The molecule has 18 heavy (non-hydrogen) atoms. The number of aliphatic hydroxyl groups excluding tert-OH is 2. The molecule has 0 aliphatic heterocycles. The maximum atomic E-state index is 12.5. The topological polar surface area (TPSA) is 116 Å². The highest BCUT2D eigenvalue weighted by Gasteiger charge is 2.33. The SMILES string of the molecule is NNc1nc(NC(CO)CO)cc(C(F)(F)F)n1. The zero-order valence-corrected chi connectivity index (χ0v) is 9.07. The smallest absolute Gasteiger partial charge is 0.394 e. The van der Waals surface area contributed by atoms with Crippen LogP contribution in [0.4, 0.5) is 24.9 Å². The summed E-state index contributed by atoms with van der Waals surface area (Å²) in [5.74, 6) is 4.32. The number of halogens is 3. The second kappa shape index (κ2) is 5.80. The maximum Gasteiger partial charge on any atom is 0.433 e. The fraction of sp³-hybridized carbons (Fsp3) is 0.500. The molecule has 0 spiro atoms. The molecule has 0 bridgehead atoms. The summed E-state index contributed by atoms with van der Waals surface area (Å²) in [6.45, 7) is -0.930. The predicted octanol–water partition coefficient (Wildman–Crippen LogP) is -0.454. The van der Waals surface area contributed by atoms with Crippen LogP contribution < -0.4 is 16.6 Å². The minimum Gasteiger partial charge on any atom is -0.394 e. The van der Waals surface area contributed by atoms with Crippen LogP contribution >= 0.6 is 0 Å². The van der Waals surface area contributed by atoms with Gasteiger partial charge < -0.3 is 15.5 Å². The van der Waals surface area contributed by atoms with Crippen LogP contribution in [0.3, 0.4) is 0 Å². The van der Waals surface area contributed by atoms with Crippen molar-refractivity contribution < 1.29 is 23.4 Å². The summed E-state index contributed by atoms with van der Waals surface area (Å²) < 4.78 is 37.5. The molecule has 0 saturated heterocycles. The molecule has 10 heteroatoms. The molecule has 7 nitrogen and oxygen atoms in total. The van der Waals surface area contributed by atoms with E-state index in [9.17, 15) is 13.2 Å². The lowest BCUT2D eigenvalue weighted by molar-refractivity contribution is -0.141. The van der Waals surface area contributed by atoms with Crippen LogP contribution in [0.2, 0.25) is 0 Å². The number of aliphatic hydroxyl groups is 2. The number of nitrogens with two attached hydrogens (primary N) is 1. The Balaban J connectivity index is 3.04. The van der Waals surface area contributed by atoms with Gasteiger partial charge >= 0.3 is 6.18 Å². The van der Waals surface area contributed by atoms with Gasteiger partial charge in [0.15, 0.2) is 5.69 Å². The Morgan fingerprint density at radius 3 is 2.33 bits per heavy atom. The van der Waals surface area contributed by atoms with Crippen molar-refractivity contribution in [3.8, 4) is 0 Å². The van der Waals surface area contributed by atoms with Gasteiger partial charge in [0.2, 0.25) is 5.95 Å². The zero-order chi connectivity index (χ0) is 13.8. The number of aromatic nitrogens is 2. The molecule has 1 aromatic heterocycles. The van der Waals surface area contributed by atoms with Gasteiger partial charge in [-0.2, -0.15) is 18.2 Å². The second-order valence-electron chi connectivity index (χ2n) is 3.31. The van der Waals surface area contributed by atoms with Crippen molar-refractivity contribution in [2.75, 3.05) is 24.0 Å². The van der Waals surface area contributed by atoms with Crippen LogP contribution in [-0.2, 0) is 6.18 Å². The summed E-state index contributed by atoms with van der Waals surface area (Å²) in [5, 5.41) is 20.0. The summed E-state index contributed by atoms with van der Waals surface area (Å²) in [5.41, 5.74) is 0.710. The van der Waals surface area contributed by atoms with E-state index in [1.54, 1.807) is 0 Å². The van der Waals surface area contributed by atoms with E-state index >= 15 is 0 Å². The van der Waals surface area contributed by atoms with Gasteiger partial charge in [0.25, 0.3) is 0 Å². The van der Waals surface area contributed by atoms with Gasteiger partial charge in [-0.05, 0) is 0 Å². The molecule has 6 N–H and O–H groups in total. The highest BCUT2D eigenvalue weighted by Crippen LogP contribution is 2.29. The summed E-state index contributed by atoms with van der Waals surface area (Å²) in [6.07, 6.45) is -4.65. The molecule has 0 aromatic carbocycles. The third-order valence-corrected chi connectivity index (χ3v) is 1.94. The minimum absolute atomic E-state index is 0.210. The first-order valence-electron chi connectivity index (χ1n) is 4.82. The number of hydrazine groups is 1. The Labute approximate surface area is 99.8 Å². The van der Waals surface area contributed by atoms with Gasteiger partial charge in [0, 0.05) is 6.07 Å². The van der Waals surface area contributed by atoms with E-state index in [1.807, 2.05) is 5.43 Å². The predicted molar refractivity (Wildman–Crippen MR) is 56.4 cm³/mol. The molecule has 0 aliphatic carbocycles. The molecule has 1 rings (SSSR count). The van der Waals surface area contributed by atoms with Gasteiger partial charge in [0.05, 0.1) is 19.3 Å². The Kier molecular flexibility index (Phi) is 4.64. The Hall–Kier alpha value is -1.65. The molecular formula is C8H12F3N5O2. The number of nitrogen functional groups attached to an aromatic ring is 1. The average Bonchev–Trinajstić information content (AvgIpc) is 2.34.